The molecule has 0 aromatic heterocycles. The van der Waals surface area contributed by atoms with E-state index in [1.165, 1.54) is 12.8 Å². The van der Waals surface area contributed by atoms with Crippen molar-refractivity contribution in [2.24, 2.45) is 0 Å². The molecule has 0 saturated carbocycles. The average Bonchev–Trinajstić information content (AvgIpc) is 2.27. The third-order valence-electron chi connectivity index (χ3n) is 3.88. The van der Waals surface area contributed by atoms with Gasteiger partial charge in [-0.15, -0.1) is 0 Å². The van der Waals surface area contributed by atoms with Crippen LogP contribution >= 0.6 is 0 Å². The van der Waals surface area contributed by atoms with Crippen LogP contribution in [0.4, 0.5) is 0 Å². The summed E-state index contributed by atoms with van der Waals surface area (Å²) >= 11 is 0. The van der Waals surface area contributed by atoms with Gasteiger partial charge >= 0.3 is 0 Å². The maximum Gasteiger partial charge on any atom is 0.261 e. The predicted molar refractivity (Wildman–Crippen MR) is 79.9 cm³/mol. The summed E-state index contributed by atoms with van der Waals surface area (Å²) in [6.45, 7) is 13.2. The van der Waals surface area contributed by atoms with E-state index in [9.17, 15) is 0 Å². The predicted octanol–water partition coefficient (Wildman–Crippen LogP) is 4.99. The van der Waals surface area contributed by atoms with Crippen molar-refractivity contribution in [1.29, 1.82) is 0 Å². The van der Waals surface area contributed by atoms with Crippen LogP contribution in [0, 0.1) is 0 Å². The highest BCUT2D eigenvalue weighted by Gasteiger charge is 2.40. The monoisotopic (exact) mass is 268 g/mol. The number of hydrogen-bond donors (Lipinski definition) is 0. The zero-order valence-corrected chi connectivity index (χ0v) is 13.7. The first kappa shape index (κ1) is 15.4. The Labute approximate surface area is 113 Å². The van der Waals surface area contributed by atoms with Crippen LogP contribution in [0.3, 0.4) is 0 Å². The Morgan fingerprint density at radius 3 is 2.44 bits per heavy atom. The van der Waals surface area contributed by atoms with E-state index in [0.29, 0.717) is 5.95 Å². The van der Waals surface area contributed by atoms with Gasteiger partial charge in [0.15, 0.2) is 0 Å². The van der Waals surface area contributed by atoms with Crippen molar-refractivity contribution in [1.82, 2.24) is 0 Å². The van der Waals surface area contributed by atoms with Crippen LogP contribution < -0.4 is 0 Å². The summed E-state index contributed by atoms with van der Waals surface area (Å²) < 4.78 is 12.2. The molecule has 1 atom stereocenters. The largest absolute Gasteiger partial charge is 0.519 e. The maximum absolute atomic E-state index is 6.20. The SMILES string of the molecule is C/C=C(/O[C@@H]1C=CCCC1)O[Si](C)(C)C(C)(C)C. The molecule has 0 heterocycles. The highest BCUT2D eigenvalue weighted by molar-refractivity contribution is 6.74. The first-order valence-corrected chi connectivity index (χ1v) is 9.86. The van der Waals surface area contributed by atoms with Crippen LogP contribution in [0.15, 0.2) is 24.2 Å². The van der Waals surface area contributed by atoms with Crippen LogP contribution in [0.5, 0.6) is 0 Å². The second kappa shape index (κ2) is 5.96. The fourth-order valence-electron chi connectivity index (χ4n) is 1.58. The first-order valence-electron chi connectivity index (χ1n) is 6.95. The van der Waals surface area contributed by atoms with Gasteiger partial charge in [0.1, 0.15) is 6.10 Å². The summed E-state index contributed by atoms with van der Waals surface area (Å²) in [5.74, 6) is 0.707. The van der Waals surface area contributed by atoms with Crippen molar-refractivity contribution in [3.8, 4) is 0 Å². The smallest absolute Gasteiger partial charge is 0.261 e. The molecule has 0 amide bonds. The Morgan fingerprint density at radius 1 is 1.33 bits per heavy atom. The van der Waals surface area contributed by atoms with Crippen molar-refractivity contribution in [3.05, 3.63) is 24.2 Å². The van der Waals surface area contributed by atoms with Crippen LogP contribution in [-0.2, 0) is 9.16 Å². The molecule has 1 aliphatic rings. The van der Waals surface area contributed by atoms with Gasteiger partial charge in [-0.2, -0.15) is 0 Å². The average molecular weight is 268 g/mol. The number of hydrogen-bond acceptors (Lipinski definition) is 2. The lowest BCUT2D eigenvalue weighted by Gasteiger charge is -2.37. The van der Waals surface area contributed by atoms with Crippen molar-refractivity contribution in [3.63, 3.8) is 0 Å². The molecule has 0 unspecified atom stereocenters. The Hall–Kier alpha value is -0.703. The zero-order chi connectivity index (χ0) is 13.8. The molecule has 0 aromatic carbocycles. The minimum atomic E-state index is -1.79. The van der Waals surface area contributed by atoms with Gasteiger partial charge in [-0.3, -0.25) is 0 Å². The van der Waals surface area contributed by atoms with Crippen LogP contribution in [0.25, 0.3) is 0 Å². The summed E-state index contributed by atoms with van der Waals surface area (Å²) in [6.07, 6.45) is 9.97. The van der Waals surface area contributed by atoms with Gasteiger partial charge in [0, 0.05) is 0 Å². The van der Waals surface area contributed by atoms with Gasteiger partial charge in [-0.1, -0.05) is 26.8 Å². The van der Waals surface area contributed by atoms with E-state index in [-0.39, 0.29) is 11.1 Å². The second-order valence-corrected chi connectivity index (χ2v) is 11.2. The molecule has 2 nitrogen and oxygen atoms in total. The Bertz CT molecular complexity index is 324. The topological polar surface area (TPSA) is 18.5 Å². The molecule has 0 fully saturated rings. The molecule has 0 N–H and O–H groups in total. The van der Waals surface area contributed by atoms with Crippen LogP contribution in [0.2, 0.25) is 18.1 Å². The maximum atomic E-state index is 6.20. The molecule has 0 bridgehead atoms. The van der Waals surface area contributed by atoms with Crippen LogP contribution in [-0.4, -0.2) is 14.4 Å². The Balaban J connectivity index is 2.63. The second-order valence-electron chi connectivity index (χ2n) is 6.49. The summed E-state index contributed by atoms with van der Waals surface area (Å²) in [4.78, 5) is 0. The molecule has 0 aliphatic heterocycles. The van der Waals surface area contributed by atoms with Gasteiger partial charge < -0.3 is 9.16 Å². The van der Waals surface area contributed by atoms with Crippen LogP contribution in [0.1, 0.15) is 47.0 Å². The van der Waals surface area contributed by atoms with E-state index in [4.69, 9.17) is 9.16 Å². The molecule has 18 heavy (non-hydrogen) atoms. The van der Waals surface area contributed by atoms with E-state index in [1.807, 2.05) is 13.0 Å². The molecule has 0 saturated heterocycles. The lowest BCUT2D eigenvalue weighted by atomic mass is 10.1. The molecular weight excluding hydrogens is 240 g/mol. The highest BCUT2D eigenvalue weighted by Crippen LogP contribution is 2.38. The molecule has 1 rings (SSSR count). The zero-order valence-electron chi connectivity index (χ0n) is 12.7. The summed E-state index contributed by atoms with van der Waals surface area (Å²) in [6, 6.07) is 0. The summed E-state index contributed by atoms with van der Waals surface area (Å²) in [5, 5.41) is 0.201. The third kappa shape index (κ3) is 4.20. The lowest BCUT2D eigenvalue weighted by Crippen LogP contribution is -2.41. The van der Waals surface area contributed by atoms with Crippen molar-refractivity contribution < 1.29 is 9.16 Å². The Morgan fingerprint density at radius 2 is 2.00 bits per heavy atom. The molecule has 104 valence electrons. The van der Waals surface area contributed by atoms with E-state index in [1.54, 1.807) is 0 Å². The summed E-state index contributed by atoms with van der Waals surface area (Å²) in [7, 11) is -1.79. The van der Waals surface area contributed by atoms with Gasteiger partial charge in [-0.05, 0) is 56.5 Å². The molecule has 0 spiro atoms. The standard InChI is InChI=1S/C15H28O2Si/c1-7-14(16-13-11-9-8-10-12-13)17-18(5,6)15(2,3)4/h7,9,11,13H,8,10,12H2,1-6H3/b14-7-/t13-/m1/s1. The molecular formula is C15H28O2Si. The fraction of sp³-hybridized carbons (Fsp3) is 0.733. The molecule has 1 aliphatic carbocycles. The third-order valence-corrected chi connectivity index (χ3v) is 8.20. The van der Waals surface area contributed by atoms with E-state index in [2.05, 4.69) is 46.0 Å². The van der Waals surface area contributed by atoms with E-state index in [0.717, 1.165) is 6.42 Å². The highest BCUT2D eigenvalue weighted by atomic mass is 28.4. The van der Waals surface area contributed by atoms with E-state index < -0.39 is 8.32 Å². The van der Waals surface area contributed by atoms with Crippen molar-refractivity contribution in [2.45, 2.75) is 71.2 Å². The fourth-order valence-corrected chi connectivity index (χ4v) is 2.56. The van der Waals surface area contributed by atoms with E-state index >= 15 is 0 Å². The quantitative estimate of drug-likeness (QED) is 0.406. The normalized spacial score (nSPS) is 21.9. The lowest BCUT2D eigenvalue weighted by molar-refractivity contribution is 0.0541. The van der Waals surface area contributed by atoms with Gasteiger partial charge in [0.05, 0.1) is 0 Å². The first-order chi connectivity index (χ1) is 8.26. The number of allylic oxidation sites excluding steroid dienone is 2. The molecule has 0 aromatic rings. The Kier molecular flexibility index (Phi) is 5.08. The molecule has 3 heteroatoms. The number of rotatable bonds is 4. The van der Waals surface area contributed by atoms with Crippen molar-refractivity contribution >= 4 is 8.32 Å². The van der Waals surface area contributed by atoms with Gasteiger partial charge in [0.25, 0.3) is 14.3 Å². The minimum Gasteiger partial charge on any atom is -0.519 e. The van der Waals surface area contributed by atoms with Gasteiger partial charge in [0.2, 0.25) is 0 Å². The molecule has 0 radical (unpaired) electrons. The number of ether oxygens (including phenoxy) is 1. The minimum absolute atomic E-state index is 0.190. The van der Waals surface area contributed by atoms with Crippen molar-refractivity contribution in [2.75, 3.05) is 0 Å². The van der Waals surface area contributed by atoms with Gasteiger partial charge in [-0.25, -0.2) is 0 Å². The summed E-state index contributed by atoms with van der Waals surface area (Å²) in [5.41, 5.74) is 0.